The number of hydrogen-bond acceptors (Lipinski definition) is 2. The predicted octanol–water partition coefficient (Wildman–Crippen LogP) is 13.6. The van der Waals surface area contributed by atoms with E-state index in [2.05, 4.69) is 224 Å². The van der Waals surface area contributed by atoms with E-state index in [-0.39, 0.29) is 0 Å². The normalized spacial score (nSPS) is 11.1. The summed E-state index contributed by atoms with van der Waals surface area (Å²) in [6.45, 7) is 16.4. The number of fused-ring (bicyclic) bond motifs is 1. The number of nitrogens with zero attached hydrogens (tertiary/aromatic N) is 2. The van der Waals surface area contributed by atoms with E-state index in [9.17, 15) is 0 Å². The minimum atomic E-state index is 0.905. The highest BCUT2D eigenvalue weighted by Crippen LogP contribution is 2.38. The van der Waals surface area contributed by atoms with E-state index < -0.39 is 0 Å². The van der Waals surface area contributed by atoms with E-state index in [4.69, 9.17) is 0 Å². The first-order valence-corrected chi connectivity index (χ1v) is 18.8. The van der Waals surface area contributed by atoms with Gasteiger partial charge in [0.05, 0.1) is 0 Å². The smallest absolute Gasteiger partial charge is 0.0468 e. The maximum atomic E-state index is 4.23. The zero-order valence-electron chi connectivity index (χ0n) is 31.4. The Bertz CT molecular complexity index is 2780. The van der Waals surface area contributed by atoms with Gasteiger partial charge in [-0.2, -0.15) is 0 Å². The molecular weight excluding hydrogens is 677 g/mol. The Morgan fingerprint density at radius 3 is 1.39 bits per heavy atom. The van der Waals surface area contributed by atoms with Gasteiger partial charge in [0, 0.05) is 34.1 Å². The summed E-state index contributed by atoms with van der Waals surface area (Å²) < 4.78 is 0. The van der Waals surface area contributed by atoms with Crippen LogP contribution in [0.4, 0.5) is 34.1 Å². The molecule has 2 nitrogen and oxygen atoms in total. The molecule has 0 atom stereocenters. The summed E-state index contributed by atoms with van der Waals surface area (Å²) in [5.74, 6) is 0. The van der Waals surface area contributed by atoms with E-state index in [0.29, 0.717) is 0 Å². The second kappa shape index (κ2) is 15.9. The lowest BCUT2D eigenvalue weighted by Gasteiger charge is -2.26. The van der Waals surface area contributed by atoms with Crippen molar-refractivity contribution in [3.63, 3.8) is 0 Å². The Balaban J connectivity index is 1.06. The predicted molar refractivity (Wildman–Crippen MR) is 244 cm³/mol. The van der Waals surface area contributed by atoms with Gasteiger partial charge in [-0.3, -0.25) is 0 Å². The van der Waals surface area contributed by atoms with Gasteiger partial charge in [0.25, 0.3) is 0 Å². The van der Waals surface area contributed by atoms with E-state index in [0.717, 1.165) is 66.8 Å². The topological polar surface area (TPSA) is 6.48 Å². The van der Waals surface area contributed by atoms with Gasteiger partial charge in [-0.1, -0.05) is 160 Å². The number of anilines is 6. The van der Waals surface area contributed by atoms with Crippen molar-refractivity contribution in [2.45, 2.75) is 0 Å². The van der Waals surface area contributed by atoms with Crippen molar-refractivity contribution in [3.05, 3.63) is 234 Å². The first-order valence-electron chi connectivity index (χ1n) is 18.8. The third-order valence-corrected chi connectivity index (χ3v) is 10.2. The molecule has 0 saturated carbocycles. The minimum absolute atomic E-state index is 0.905. The second-order valence-electron chi connectivity index (χ2n) is 13.9. The molecule has 0 fully saturated rings. The summed E-state index contributed by atoms with van der Waals surface area (Å²) in [7, 11) is 0. The molecule has 0 aromatic heterocycles. The zero-order chi connectivity index (χ0) is 38.4. The fraction of sp³-hybridized carbons (Fsp3) is 0. The molecule has 2 heteroatoms. The summed E-state index contributed by atoms with van der Waals surface area (Å²) in [5, 5.41) is 4.25. The lowest BCUT2D eigenvalue weighted by molar-refractivity contribution is 1.27. The van der Waals surface area contributed by atoms with Crippen LogP contribution in [0.1, 0.15) is 16.7 Å². The summed E-state index contributed by atoms with van der Waals surface area (Å²) in [6.07, 6.45) is 6.12. The summed E-state index contributed by atoms with van der Waals surface area (Å²) in [4.78, 5) is 4.56. The SMILES string of the molecule is C=CC(=C)c1ccc(N(c2ccc(/C=C/c3ccc(N(c4ccc(-c5ccccc5)cc4)c4ccc(=C)c(=C)c4)cc3)cc2)c2ccc3ccccc3c2)cc1. The van der Waals surface area contributed by atoms with Gasteiger partial charge in [0.1, 0.15) is 0 Å². The van der Waals surface area contributed by atoms with Crippen LogP contribution in [-0.2, 0) is 0 Å². The van der Waals surface area contributed by atoms with Gasteiger partial charge in [-0.25, -0.2) is 0 Å². The molecule has 56 heavy (non-hydrogen) atoms. The Hall–Kier alpha value is -7.42. The highest BCUT2D eigenvalue weighted by Gasteiger charge is 2.15. The molecule has 0 heterocycles. The average Bonchev–Trinajstić information content (AvgIpc) is 3.26. The Morgan fingerprint density at radius 2 is 0.839 bits per heavy atom. The van der Waals surface area contributed by atoms with Gasteiger partial charge < -0.3 is 9.80 Å². The molecule has 0 saturated heterocycles. The zero-order valence-corrected chi connectivity index (χ0v) is 31.4. The Morgan fingerprint density at radius 1 is 0.393 bits per heavy atom. The van der Waals surface area contributed by atoms with E-state index in [1.54, 1.807) is 6.08 Å². The fourth-order valence-electron chi connectivity index (χ4n) is 7.00. The highest BCUT2D eigenvalue weighted by molar-refractivity contribution is 5.90. The van der Waals surface area contributed by atoms with Crippen LogP contribution in [0.25, 0.3) is 52.8 Å². The van der Waals surface area contributed by atoms with Crippen molar-refractivity contribution in [3.8, 4) is 11.1 Å². The first-order chi connectivity index (χ1) is 27.4. The quantitative estimate of drug-likeness (QED) is 0.0970. The third kappa shape index (κ3) is 7.64. The monoisotopic (exact) mass is 718 g/mol. The van der Waals surface area contributed by atoms with Crippen LogP contribution >= 0.6 is 0 Å². The molecule has 0 amide bonds. The molecule has 268 valence electrons. The molecule has 0 aliphatic heterocycles. The van der Waals surface area contributed by atoms with Crippen LogP contribution in [0.15, 0.2) is 207 Å². The van der Waals surface area contributed by atoms with Gasteiger partial charge in [0.2, 0.25) is 0 Å². The largest absolute Gasteiger partial charge is 0.310 e. The Kier molecular flexibility index (Phi) is 10.1. The van der Waals surface area contributed by atoms with Crippen molar-refractivity contribution in [2.24, 2.45) is 0 Å². The number of benzene rings is 8. The fourth-order valence-corrected chi connectivity index (χ4v) is 7.00. The first kappa shape index (κ1) is 35.6. The van der Waals surface area contributed by atoms with Gasteiger partial charge in [-0.05, 0) is 127 Å². The van der Waals surface area contributed by atoms with Crippen molar-refractivity contribution in [1.29, 1.82) is 0 Å². The minimum Gasteiger partial charge on any atom is -0.310 e. The number of rotatable bonds is 11. The standard InChI is InChI=1S/C54H42N2/c1-5-39(2)44-22-32-51(33-23-44)56(54-36-26-46-13-9-10-14-48(46)38-54)50-30-20-43(21-31-50)17-16-42-18-28-49(29-19-42)55(53-27-15-40(3)41(4)37-53)52-34-24-47(25-35-52)45-11-7-6-8-12-45/h5-38H,1-4H2/b17-16+. The molecular formula is C54H42N2. The molecule has 0 radical (unpaired) electrons. The molecule has 0 aliphatic rings. The maximum Gasteiger partial charge on any atom is 0.0468 e. The molecule has 0 bridgehead atoms. The van der Waals surface area contributed by atoms with Crippen LogP contribution in [0.2, 0.25) is 0 Å². The van der Waals surface area contributed by atoms with E-state index >= 15 is 0 Å². The molecule has 0 N–H and O–H groups in total. The summed E-state index contributed by atoms with van der Waals surface area (Å²) in [6, 6.07) is 66.4. The number of hydrogen-bond donors (Lipinski definition) is 0. The van der Waals surface area contributed by atoms with Crippen LogP contribution in [0.5, 0.6) is 0 Å². The van der Waals surface area contributed by atoms with Gasteiger partial charge in [0.15, 0.2) is 0 Å². The highest BCUT2D eigenvalue weighted by atomic mass is 15.1. The van der Waals surface area contributed by atoms with Crippen molar-refractivity contribution >= 4 is 75.8 Å². The molecule has 0 unspecified atom stereocenters. The van der Waals surface area contributed by atoms with Crippen LogP contribution in [0, 0.1) is 0 Å². The van der Waals surface area contributed by atoms with Crippen LogP contribution in [-0.4, -0.2) is 0 Å². The second-order valence-corrected chi connectivity index (χ2v) is 13.9. The summed E-state index contributed by atoms with van der Waals surface area (Å²) >= 11 is 0. The maximum absolute atomic E-state index is 4.23. The van der Waals surface area contributed by atoms with Crippen LogP contribution < -0.4 is 20.2 Å². The van der Waals surface area contributed by atoms with Crippen molar-refractivity contribution in [1.82, 2.24) is 0 Å². The van der Waals surface area contributed by atoms with Gasteiger partial charge >= 0.3 is 0 Å². The lowest BCUT2D eigenvalue weighted by atomic mass is 10.0. The number of allylic oxidation sites excluding steroid dienone is 2. The lowest BCUT2D eigenvalue weighted by Crippen LogP contribution is -2.22. The van der Waals surface area contributed by atoms with Crippen molar-refractivity contribution in [2.75, 3.05) is 9.80 Å². The van der Waals surface area contributed by atoms with E-state index in [1.165, 1.54) is 21.9 Å². The molecule has 8 aromatic rings. The summed E-state index contributed by atoms with van der Waals surface area (Å²) in [5.41, 5.74) is 13.0. The van der Waals surface area contributed by atoms with Crippen molar-refractivity contribution < 1.29 is 0 Å². The van der Waals surface area contributed by atoms with Crippen LogP contribution in [0.3, 0.4) is 0 Å². The Labute approximate surface area is 329 Å². The third-order valence-electron chi connectivity index (χ3n) is 10.2. The average molecular weight is 719 g/mol. The molecule has 0 aliphatic carbocycles. The molecule has 8 aromatic carbocycles. The van der Waals surface area contributed by atoms with Gasteiger partial charge in [-0.15, -0.1) is 0 Å². The molecule has 8 rings (SSSR count). The molecule has 0 spiro atoms. The van der Waals surface area contributed by atoms with E-state index in [1.807, 2.05) is 12.1 Å².